The van der Waals surface area contributed by atoms with Gasteiger partial charge in [0.05, 0.1) is 11.3 Å². The van der Waals surface area contributed by atoms with Crippen LogP contribution < -0.4 is 4.72 Å². The Morgan fingerprint density at radius 2 is 2.00 bits per heavy atom. The number of sulfonamides is 1. The van der Waals surface area contributed by atoms with Gasteiger partial charge in [0.1, 0.15) is 6.04 Å². The Morgan fingerprint density at radius 1 is 1.45 bits per heavy atom. The molecule has 0 fully saturated rings. The lowest BCUT2D eigenvalue weighted by atomic mass is 10.0. The molecular weight excluding hydrogens is 320 g/mol. The van der Waals surface area contributed by atoms with Crippen LogP contribution in [0.4, 0.5) is 8.78 Å². The van der Waals surface area contributed by atoms with Crippen molar-refractivity contribution in [1.82, 2.24) is 14.5 Å². The average molecular weight is 339 g/mol. The van der Waals surface area contributed by atoms with E-state index in [1.54, 1.807) is 13.8 Å². The van der Waals surface area contributed by atoms with Crippen LogP contribution in [0.25, 0.3) is 0 Å². The van der Waals surface area contributed by atoms with Gasteiger partial charge in [-0.15, -0.1) is 0 Å². The molecule has 0 amide bonds. The number of hydrogen-bond acceptors (Lipinski definition) is 4. The summed E-state index contributed by atoms with van der Waals surface area (Å²) in [5.74, 6) is -1.87. The highest BCUT2D eigenvalue weighted by atomic mass is 32.2. The number of rotatable bonds is 7. The summed E-state index contributed by atoms with van der Waals surface area (Å²) >= 11 is 0. The first kappa shape index (κ1) is 18.5. The number of carboxylic acid groups (broad SMARTS) is 1. The molecule has 1 heterocycles. The highest BCUT2D eigenvalue weighted by Crippen LogP contribution is 2.29. The highest BCUT2D eigenvalue weighted by Gasteiger charge is 2.35. The molecule has 0 aliphatic carbocycles. The number of hydrogen-bond donors (Lipinski definition) is 2. The Labute approximate surface area is 127 Å². The van der Waals surface area contributed by atoms with E-state index >= 15 is 0 Å². The topological polar surface area (TPSA) is 101 Å². The van der Waals surface area contributed by atoms with E-state index in [-0.39, 0.29) is 5.69 Å². The number of carbonyl (C=O) groups is 1. The maximum atomic E-state index is 13.1. The molecule has 0 saturated carbocycles. The molecule has 22 heavy (non-hydrogen) atoms. The fourth-order valence-corrected chi connectivity index (χ4v) is 3.79. The van der Waals surface area contributed by atoms with Gasteiger partial charge in [-0.2, -0.15) is 9.82 Å². The maximum Gasteiger partial charge on any atom is 0.322 e. The molecule has 0 radical (unpaired) electrons. The number of halogens is 2. The first-order valence-corrected chi connectivity index (χ1v) is 8.08. The highest BCUT2D eigenvalue weighted by molar-refractivity contribution is 7.89. The third-order valence-corrected chi connectivity index (χ3v) is 5.01. The van der Waals surface area contributed by atoms with E-state index in [0.29, 0.717) is 6.42 Å². The monoisotopic (exact) mass is 339 g/mol. The summed E-state index contributed by atoms with van der Waals surface area (Å²) in [7, 11) is -3.24. The average Bonchev–Trinajstić information content (AvgIpc) is 2.70. The SMILES string of the molecule is CC[C@H](C)[C@H](NS(=O)(=O)c1c(C(F)F)c(C)nn1C)C(=O)O. The van der Waals surface area contributed by atoms with E-state index in [9.17, 15) is 22.0 Å². The molecule has 10 heteroatoms. The third-order valence-electron chi connectivity index (χ3n) is 3.45. The first-order chi connectivity index (χ1) is 10.0. The molecule has 1 aromatic heterocycles. The molecule has 0 saturated heterocycles. The standard InChI is InChI=1S/C12H19F2N3O4S/c1-5-6(2)9(12(18)19)16-22(20,21)11-8(10(13)14)7(3)15-17(11)4/h6,9-10,16H,5H2,1-4H3,(H,18,19)/t6-,9-/m0/s1. The van der Waals surface area contributed by atoms with Gasteiger partial charge in [-0.1, -0.05) is 20.3 Å². The van der Waals surface area contributed by atoms with E-state index in [0.717, 1.165) is 4.68 Å². The summed E-state index contributed by atoms with van der Waals surface area (Å²) in [6.07, 6.45) is -2.63. The van der Waals surface area contributed by atoms with Gasteiger partial charge in [-0.25, -0.2) is 17.2 Å². The Morgan fingerprint density at radius 3 is 2.41 bits per heavy atom. The van der Waals surface area contributed by atoms with Crippen LogP contribution in [0.15, 0.2) is 5.03 Å². The lowest BCUT2D eigenvalue weighted by Crippen LogP contribution is -2.45. The van der Waals surface area contributed by atoms with Crippen molar-refractivity contribution in [2.75, 3.05) is 0 Å². The number of aliphatic carboxylic acids is 1. The van der Waals surface area contributed by atoms with Gasteiger partial charge >= 0.3 is 5.97 Å². The maximum absolute atomic E-state index is 13.1. The fourth-order valence-electron chi connectivity index (χ4n) is 2.09. The number of carboxylic acids is 1. The predicted octanol–water partition coefficient (Wildman–Crippen LogP) is 1.44. The first-order valence-electron chi connectivity index (χ1n) is 6.59. The van der Waals surface area contributed by atoms with Gasteiger partial charge in [-0.05, 0) is 12.8 Å². The third kappa shape index (κ3) is 3.61. The van der Waals surface area contributed by atoms with Gasteiger partial charge in [0.25, 0.3) is 16.4 Å². The molecule has 2 atom stereocenters. The molecule has 1 aromatic rings. The van der Waals surface area contributed by atoms with E-state index < -0.39 is 45.0 Å². The van der Waals surface area contributed by atoms with Gasteiger partial charge < -0.3 is 5.11 Å². The minimum atomic E-state index is -4.46. The predicted molar refractivity (Wildman–Crippen MR) is 74.1 cm³/mol. The summed E-state index contributed by atoms with van der Waals surface area (Å²) in [6, 6.07) is -1.41. The van der Waals surface area contributed by atoms with Gasteiger partial charge in [0, 0.05) is 7.05 Å². The normalized spacial score (nSPS) is 15.0. The number of nitrogens with one attached hydrogen (secondary N) is 1. The molecule has 0 aliphatic rings. The van der Waals surface area contributed by atoms with E-state index in [1.807, 2.05) is 4.72 Å². The van der Waals surface area contributed by atoms with Crippen LogP contribution in [0, 0.1) is 12.8 Å². The molecule has 126 valence electrons. The molecule has 0 aromatic carbocycles. The fraction of sp³-hybridized carbons (Fsp3) is 0.667. The lowest BCUT2D eigenvalue weighted by molar-refractivity contribution is -0.140. The van der Waals surface area contributed by atoms with Crippen LogP contribution in [0.1, 0.15) is 38.0 Å². The largest absolute Gasteiger partial charge is 0.480 e. The molecule has 0 aliphatic heterocycles. The smallest absolute Gasteiger partial charge is 0.322 e. The molecule has 0 unspecified atom stereocenters. The zero-order valence-electron chi connectivity index (χ0n) is 12.7. The van der Waals surface area contributed by atoms with Crippen molar-refractivity contribution in [2.45, 2.75) is 44.7 Å². The van der Waals surface area contributed by atoms with Crippen molar-refractivity contribution in [3.63, 3.8) is 0 Å². The molecule has 0 spiro atoms. The Hall–Kier alpha value is -1.55. The van der Waals surface area contributed by atoms with E-state index in [1.165, 1.54) is 14.0 Å². The minimum absolute atomic E-state index is 0.117. The summed E-state index contributed by atoms with van der Waals surface area (Å²) in [5, 5.41) is 12.1. The van der Waals surface area contributed by atoms with E-state index in [2.05, 4.69) is 5.10 Å². The van der Waals surface area contributed by atoms with Crippen LogP contribution in [-0.2, 0) is 21.9 Å². The quantitative estimate of drug-likeness (QED) is 0.783. The van der Waals surface area contributed by atoms with Gasteiger partial charge in [-0.3, -0.25) is 9.48 Å². The Balaban J connectivity index is 3.34. The van der Waals surface area contributed by atoms with Crippen molar-refractivity contribution in [3.05, 3.63) is 11.3 Å². The molecule has 2 N–H and O–H groups in total. The number of alkyl halides is 2. The summed E-state index contributed by atoms with van der Waals surface area (Å²) in [5.41, 5.74) is -0.836. The van der Waals surface area contributed by atoms with Crippen molar-refractivity contribution in [3.8, 4) is 0 Å². The molecule has 7 nitrogen and oxygen atoms in total. The number of aryl methyl sites for hydroxylation is 2. The van der Waals surface area contributed by atoms with Crippen LogP contribution in [0.3, 0.4) is 0 Å². The van der Waals surface area contributed by atoms with Gasteiger partial charge in [0.15, 0.2) is 5.03 Å². The van der Waals surface area contributed by atoms with Crippen molar-refractivity contribution < 1.29 is 27.1 Å². The second-order valence-electron chi connectivity index (χ2n) is 5.05. The molecule has 0 bridgehead atoms. The molecule has 1 rings (SSSR count). The minimum Gasteiger partial charge on any atom is -0.480 e. The van der Waals surface area contributed by atoms with Crippen molar-refractivity contribution in [1.29, 1.82) is 0 Å². The Bertz CT molecular complexity index is 658. The zero-order chi connectivity index (χ0) is 17.2. The van der Waals surface area contributed by atoms with E-state index in [4.69, 9.17) is 5.11 Å². The number of nitrogens with zero attached hydrogens (tertiary/aromatic N) is 2. The number of aromatic nitrogens is 2. The van der Waals surface area contributed by atoms with Crippen molar-refractivity contribution >= 4 is 16.0 Å². The van der Waals surface area contributed by atoms with Crippen LogP contribution in [0.5, 0.6) is 0 Å². The summed E-state index contributed by atoms with van der Waals surface area (Å²) in [4.78, 5) is 11.2. The summed E-state index contributed by atoms with van der Waals surface area (Å²) in [6.45, 7) is 4.53. The zero-order valence-corrected chi connectivity index (χ0v) is 13.5. The molecular formula is C12H19F2N3O4S. The summed E-state index contributed by atoms with van der Waals surface area (Å²) < 4.78 is 53.7. The van der Waals surface area contributed by atoms with Crippen LogP contribution >= 0.6 is 0 Å². The van der Waals surface area contributed by atoms with Crippen LogP contribution in [-0.4, -0.2) is 35.3 Å². The lowest BCUT2D eigenvalue weighted by Gasteiger charge is -2.20. The Kier molecular flexibility index (Phi) is 5.63. The van der Waals surface area contributed by atoms with Gasteiger partial charge in [0.2, 0.25) is 0 Å². The second-order valence-corrected chi connectivity index (χ2v) is 6.68. The second kappa shape index (κ2) is 6.69. The van der Waals surface area contributed by atoms with Crippen LogP contribution in [0.2, 0.25) is 0 Å². The van der Waals surface area contributed by atoms with Crippen molar-refractivity contribution in [2.24, 2.45) is 13.0 Å².